The lowest BCUT2D eigenvalue weighted by Crippen LogP contribution is -2.32. The number of esters is 2. The highest BCUT2D eigenvalue weighted by atomic mass is 32.2. The Labute approximate surface area is 158 Å². The van der Waals surface area contributed by atoms with E-state index in [1.54, 1.807) is 18.7 Å². The second-order valence-corrected chi connectivity index (χ2v) is 7.11. The highest BCUT2D eigenvalue weighted by Crippen LogP contribution is 2.31. The zero-order valence-corrected chi connectivity index (χ0v) is 16.4. The molecule has 0 aliphatic carbocycles. The van der Waals surface area contributed by atoms with Crippen LogP contribution in [0.3, 0.4) is 0 Å². The molecule has 1 aromatic rings. The molecule has 0 aromatic heterocycles. The average Bonchev–Trinajstić information content (AvgIpc) is 2.59. The second-order valence-electron chi connectivity index (χ2n) is 5.94. The number of rotatable bonds is 7. The van der Waals surface area contributed by atoms with Crippen LogP contribution in [0.5, 0.6) is 0 Å². The van der Waals surface area contributed by atoms with E-state index < -0.39 is 11.9 Å². The molecule has 5 nitrogen and oxygen atoms in total. The van der Waals surface area contributed by atoms with Crippen molar-refractivity contribution in [2.75, 3.05) is 19.0 Å². The molecule has 2 rings (SSSR count). The predicted molar refractivity (Wildman–Crippen MR) is 102 cm³/mol. The summed E-state index contributed by atoms with van der Waals surface area (Å²) in [4.78, 5) is 25.9. The number of allylic oxidation sites excluding steroid dienone is 2. The quantitative estimate of drug-likeness (QED) is 0.446. The van der Waals surface area contributed by atoms with Gasteiger partial charge in [0.1, 0.15) is 6.61 Å². The smallest absolute Gasteiger partial charge is 0.336 e. The van der Waals surface area contributed by atoms with Gasteiger partial charge in [-0.15, -0.1) is 11.8 Å². The summed E-state index contributed by atoms with van der Waals surface area (Å²) in [5, 5.41) is 3.10. The third-order valence-electron chi connectivity index (χ3n) is 4.09. The normalized spacial score (nSPS) is 17.0. The van der Waals surface area contributed by atoms with Gasteiger partial charge in [0.2, 0.25) is 0 Å². The Bertz CT molecular complexity index is 725. The monoisotopic (exact) mass is 375 g/mol. The number of benzene rings is 1. The van der Waals surface area contributed by atoms with Crippen LogP contribution in [0.2, 0.25) is 0 Å². The fourth-order valence-electron chi connectivity index (χ4n) is 2.97. The van der Waals surface area contributed by atoms with Gasteiger partial charge in [0.25, 0.3) is 0 Å². The van der Waals surface area contributed by atoms with Crippen LogP contribution in [0, 0.1) is 5.92 Å². The summed E-state index contributed by atoms with van der Waals surface area (Å²) in [6.45, 7) is 7.81. The van der Waals surface area contributed by atoms with Gasteiger partial charge in [-0.1, -0.05) is 25.1 Å². The minimum atomic E-state index is -0.401. The van der Waals surface area contributed by atoms with Crippen LogP contribution in [0.4, 0.5) is 0 Å². The van der Waals surface area contributed by atoms with E-state index in [-0.39, 0.29) is 5.92 Å². The fourth-order valence-corrected chi connectivity index (χ4v) is 3.72. The van der Waals surface area contributed by atoms with E-state index >= 15 is 0 Å². The van der Waals surface area contributed by atoms with Crippen LogP contribution in [-0.2, 0) is 19.1 Å². The number of dihydropyridines is 1. The number of carbonyl (C=O) groups excluding carboxylic acids is 2. The summed E-state index contributed by atoms with van der Waals surface area (Å²) >= 11 is 1.63. The Morgan fingerprint density at radius 3 is 2.19 bits per heavy atom. The zero-order chi connectivity index (χ0) is 19.1. The number of ether oxygens (including phenoxy) is 2. The minimum Gasteiger partial charge on any atom is -0.463 e. The average molecular weight is 375 g/mol. The van der Waals surface area contributed by atoms with Crippen LogP contribution < -0.4 is 5.32 Å². The molecule has 1 aromatic carbocycles. The van der Waals surface area contributed by atoms with E-state index in [0.29, 0.717) is 41.5 Å². The van der Waals surface area contributed by atoms with Gasteiger partial charge >= 0.3 is 11.9 Å². The molecule has 1 aliphatic heterocycles. The van der Waals surface area contributed by atoms with E-state index in [9.17, 15) is 9.59 Å². The lowest BCUT2D eigenvalue weighted by atomic mass is 9.87. The van der Waals surface area contributed by atoms with E-state index in [2.05, 4.69) is 5.32 Å². The Morgan fingerprint density at radius 1 is 1.04 bits per heavy atom. The van der Waals surface area contributed by atoms with Gasteiger partial charge in [-0.3, -0.25) is 0 Å². The van der Waals surface area contributed by atoms with Crippen LogP contribution in [0.25, 0.3) is 0 Å². The van der Waals surface area contributed by atoms with E-state index in [4.69, 9.17) is 9.47 Å². The lowest BCUT2D eigenvalue weighted by Gasteiger charge is -2.27. The first-order valence-corrected chi connectivity index (χ1v) is 9.64. The Balaban J connectivity index is 1.96. The van der Waals surface area contributed by atoms with Gasteiger partial charge in [-0.25, -0.2) is 9.59 Å². The number of hydrogen-bond acceptors (Lipinski definition) is 6. The van der Waals surface area contributed by atoms with Gasteiger partial charge in [-0.2, -0.15) is 0 Å². The zero-order valence-electron chi connectivity index (χ0n) is 15.6. The molecule has 1 N–H and O–H groups in total. The lowest BCUT2D eigenvalue weighted by molar-refractivity contribution is -0.139. The summed E-state index contributed by atoms with van der Waals surface area (Å²) in [7, 11) is 0. The van der Waals surface area contributed by atoms with Crippen LogP contribution in [-0.4, -0.2) is 30.9 Å². The van der Waals surface area contributed by atoms with Crippen molar-refractivity contribution in [2.45, 2.75) is 32.6 Å². The maximum atomic E-state index is 12.6. The molecule has 0 bridgehead atoms. The van der Waals surface area contributed by atoms with E-state index in [1.165, 1.54) is 0 Å². The van der Waals surface area contributed by atoms with Crippen molar-refractivity contribution in [1.82, 2.24) is 5.32 Å². The number of nitrogens with one attached hydrogen (secondary N) is 1. The molecule has 0 radical (unpaired) electrons. The molecule has 1 atom stereocenters. The topological polar surface area (TPSA) is 64.6 Å². The van der Waals surface area contributed by atoms with Gasteiger partial charge in [0, 0.05) is 28.0 Å². The summed E-state index contributed by atoms with van der Waals surface area (Å²) < 4.78 is 10.6. The van der Waals surface area contributed by atoms with Crippen molar-refractivity contribution < 1.29 is 19.1 Å². The third kappa shape index (κ3) is 4.91. The van der Waals surface area contributed by atoms with Crippen LogP contribution in [0.15, 0.2) is 57.8 Å². The first kappa shape index (κ1) is 20.1. The molecule has 6 heteroatoms. The third-order valence-corrected chi connectivity index (χ3v) is 5.07. The molecule has 0 saturated carbocycles. The summed E-state index contributed by atoms with van der Waals surface area (Å²) in [6.07, 6.45) is 0. The van der Waals surface area contributed by atoms with Crippen molar-refractivity contribution in [2.24, 2.45) is 5.92 Å². The second kappa shape index (κ2) is 9.48. The molecule has 1 unspecified atom stereocenters. The highest BCUT2D eigenvalue weighted by Gasteiger charge is 2.33. The number of carbonyl (C=O) groups is 2. The largest absolute Gasteiger partial charge is 0.463 e. The van der Waals surface area contributed by atoms with Crippen LogP contribution in [0.1, 0.15) is 27.7 Å². The molecule has 26 heavy (non-hydrogen) atoms. The van der Waals surface area contributed by atoms with Crippen molar-refractivity contribution in [1.29, 1.82) is 0 Å². The molecular weight excluding hydrogens is 350 g/mol. The minimum absolute atomic E-state index is 0.293. The summed E-state index contributed by atoms with van der Waals surface area (Å²) in [5.74, 6) is -0.499. The van der Waals surface area contributed by atoms with Crippen molar-refractivity contribution in [3.63, 3.8) is 0 Å². The molecular formula is C20H25NO4S. The molecule has 140 valence electrons. The van der Waals surface area contributed by atoms with Gasteiger partial charge in [0.05, 0.1) is 17.8 Å². The van der Waals surface area contributed by atoms with Crippen molar-refractivity contribution in [3.8, 4) is 0 Å². The SMILES string of the molecule is CCOC(=O)C1=C(C)NC(C)=C(C(=O)OCCSc2ccccc2)C1C. The first-order valence-electron chi connectivity index (χ1n) is 8.66. The Kier molecular flexibility index (Phi) is 7.33. The Hall–Kier alpha value is -2.21. The Morgan fingerprint density at radius 2 is 1.62 bits per heavy atom. The van der Waals surface area contributed by atoms with Crippen LogP contribution >= 0.6 is 11.8 Å². The van der Waals surface area contributed by atoms with Crippen molar-refractivity contribution in [3.05, 3.63) is 52.9 Å². The fraction of sp³-hybridized carbons (Fsp3) is 0.400. The maximum absolute atomic E-state index is 12.6. The van der Waals surface area contributed by atoms with Gasteiger partial charge in [0.15, 0.2) is 0 Å². The molecule has 1 aliphatic rings. The van der Waals surface area contributed by atoms with E-state index in [1.807, 2.05) is 51.1 Å². The molecule has 0 amide bonds. The van der Waals surface area contributed by atoms with Crippen molar-refractivity contribution >= 4 is 23.7 Å². The molecule has 0 fully saturated rings. The standard InChI is InChI=1S/C20H25NO4S/c1-5-24-19(22)17-13(2)18(15(4)21-14(17)3)20(23)25-11-12-26-16-9-7-6-8-10-16/h6-10,13,21H,5,11-12H2,1-4H3. The molecule has 1 heterocycles. The number of hydrogen-bond donors (Lipinski definition) is 1. The molecule has 0 saturated heterocycles. The number of thioether (sulfide) groups is 1. The first-order chi connectivity index (χ1) is 12.5. The highest BCUT2D eigenvalue weighted by molar-refractivity contribution is 7.99. The summed E-state index contributed by atoms with van der Waals surface area (Å²) in [5.41, 5.74) is 2.37. The van der Waals surface area contributed by atoms with E-state index in [0.717, 1.165) is 4.90 Å². The van der Waals surface area contributed by atoms with Gasteiger partial charge < -0.3 is 14.8 Å². The van der Waals surface area contributed by atoms with Gasteiger partial charge in [-0.05, 0) is 32.9 Å². The summed E-state index contributed by atoms with van der Waals surface area (Å²) in [6, 6.07) is 9.96. The molecule has 0 spiro atoms. The predicted octanol–water partition coefficient (Wildman–Crippen LogP) is 3.67. The maximum Gasteiger partial charge on any atom is 0.336 e.